The molecule has 0 bridgehead atoms. The van der Waals surface area contributed by atoms with Crippen molar-refractivity contribution in [2.75, 3.05) is 6.54 Å². The average molecular weight is 233 g/mol. The third kappa shape index (κ3) is 5.55. The first-order valence-electron chi connectivity index (χ1n) is 6.35. The van der Waals surface area contributed by atoms with Gasteiger partial charge >= 0.3 is 0 Å². The quantitative estimate of drug-likeness (QED) is 0.532. The van der Waals surface area contributed by atoms with Gasteiger partial charge in [-0.15, -0.1) is 6.58 Å². The van der Waals surface area contributed by atoms with Gasteiger partial charge in [0.25, 0.3) is 0 Å². The van der Waals surface area contributed by atoms with Crippen LogP contribution in [0, 0.1) is 5.92 Å². The fourth-order valence-corrected chi connectivity index (χ4v) is 1.88. The molecule has 17 heavy (non-hydrogen) atoms. The van der Waals surface area contributed by atoms with Crippen molar-refractivity contribution in [3.8, 4) is 5.75 Å². The van der Waals surface area contributed by atoms with E-state index >= 15 is 0 Å². The van der Waals surface area contributed by atoms with Crippen molar-refractivity contribution in [2.45, 2.75) is 32.7 Å². The molecule has 0 aliphatic heterocycles. The second kappa shape index (κ2) is 7.91. The summed E-state index contributed by atoms with van der Waals surface area (Å²) in [6.07, 6.45) is 5.53. The van der Waals surface area contributed by atoms with Crippen LogP contribution in [0.1, 0.15) is 31.7 Å². The Morgan fingerprint density at radius 3 is 2.65 bits per heavy atom. The highest BCUT2D eigenvalue weighted by atomic mass is 16.3. The van der Waals surface area contributed by atoms with Crippen LogP contribution in [0.3, 0.4) is 0 Å². The molecule has 0 aliphatic rings. The van der Waals surface area contributed by atoms with Gasteiger partial charge in [-0.25, -0.2) is 0 Å². The van der Waals surface area contributed by atoms with Crippen LogP contribution in [0.5, 0.6) is 5.75 Å². The van der Waals surface area contributed by atoms with Gasteiger partial charge in [-0.3, -0.25) is 0 Å². The minimum absolute atomic E-state index is 0.325. The van der Waals surface area contributed by atoms with Crippen molar-refractivity contribution in [3.05, 3.63) is 42.5 Å². The molecule has 0 heterocycles. The Hall–Kier alpha value is -1.28. The molecule has 0 saturated heterocycles. The Labute approximate surface area is 104 Å². The number of phenolic OH excluding ortho intramolecular Hbond substituents is 1. The van der Waals surface area contributed by atoms with Crippen LogP contribution in [0.25, 0.3) is 0 Å². The smallest absolute Gasteiger partial charge is 0.115 e. The number of phenols is 1. The standard InChI is InChI=1S/C15H23NO/c1-3-5-13(4-2)10-11-16-12-14-6-8-15(17)9-7-14/h3,6-9,13,16-17H,1,4-5,10-12H2,2H3. The molecule has 0 saturated carbocycles. The zero-order valence-electron chi connectivity index (χ0n) is 10.7. The first-order valence-corrected chi connectivity index (χ1v) is 6.35. The number of benzene rings is 1. The van der Waals surface area contributed by atoms with Crippen LogP contribution in [0.4, 0.5) is 0 Å². The van der Waals surface area contributed by atoms with Crippen LogP contribution < -0.4 is 5.32 Å². The topological polar surface area (TPSA) is 32.3 Å². The third-order valence-corrected chi connectivity index (χ3v) is 3.07. The summed E-state index contributed by atoms with van der Waals surface area (Å²) in [5.41, 5.74) is 1.21. The van der Waals surface area contributed by atoms with E-state index in [1.165, 1.54) is 18.4 Å². The molecule has 1 rings (SSSR count). The molecule has 0 spiro atoms. The lowest BCUT2D eigenvalue weighted by Crippen LogP contribution is -2.17. The summed E-state index contributed by atoms with van der Waals surface area (Å²) in [7, 11) is 0. The van der Waals surface area contributed by atoms with E-state index in [0.717, 1.165) is 25.4 Å². The van der Waals surface area contributed by atoms with Gasteiger partial charge in [0.1, 0.15) is 5.75 Å². The number of rotatable bonds is 8. The van der Waals surface area contributed by atoms with Crippen LogP contribution >= 0.6 is 0 Å². The van der Waals surface area contributed by atoms with Gasteiger partial charge in [0.15, 0.2) is 0 Å². The normalized spacial score (nSPS) is 12.3. The van der Waals surface area contributed by atoms with Gasteiger partial charge in [0.05, 0.1) is 0 Å². The molecule has 2 N–H and O–H groups in total. The van der Waals surface area contributed by atoms with Crippen LogP contribution in [-0.2, 0) is 6.54 Å². The summed E-state index contributed by atoms with van der Waals surface area (Å²) in [6, 6.07) is 7.35. The first-order chi connectivity index (χ1) is 8.26. The zero-order valence-corrected chi connectivity index (χ0v) is 10.7. The number of allylic oxidation sites excluding steroid dienone is 1. The maximum Gasteiger partial charge on any atom is 0.115 e. The summed E-state index contributed by atoms with van der Waals surface area (Å²) in [6.45, 7) is 7.92. The molecule has 1 aromatic carbocycles. The molecule has 0 radical (unpaired) electrons. The summed E-state index contributed by atoms with van der Waals surface area (Å²) >= 11 is 0. The molecule has 1 unspecified atom stereocenters. The number of hydrogen-bond donors (Lipinski definition) is 2. The molecule has 2 nitrogen and oxygen atoms in total. The lowest BCUT2D eigenvalue weighted by Gasteiger charge is -2.12. The predicted octanol–water partition coefficient (Wildman–Crippen LogP) is 3.47. The van der Waals surface area contributed by atoms with Crippen molar-refractivity contribution in [3.63, 3.8) is 0 Å². The Bertz CT molecular complexity index is 318. The van der Waals surface area contributed by atoms with E-state index in [1.54, 1.807) is 12.1 Å². The molecule has 1 aromatic rings. The largest absolute Gasteiger partial charge is 0.508 e. The maximum atomic E-state index is 9.16. The predicted molar refractivity (Wildman–Crippen MR) is 73.0 cm³/mol. The van der Waals surface area contributed by atoms with E-state index in [-0.39, 0.29) is 0 Å². The lowest BCUT2D eigenvalue weighted by molar-refractivity contribution is 0.455. The van der Waals surface area contributed by atoms with Crippen LogP contribution in [0.15, 0.2) is 36.9 Å². The van der Waals surface area contributed by atoms with Gasteiger partial charge < -0.3 is 10.4 Å². The highest BCUT2D eigenvalue weighted by Gasteiger charge is 2.03. The van der Waals surface area contributed by atoms with Gasteiger partial charge in [0, 0.05) is 6.54 Å². The third-order valence-electron chi connectivity index (χ3n) is 3.07. The molecule has 94 valence electrons. The second-order valence-electron chi connectivity index (χ2n) is 4.43. The van der Waals surface area contributed by atoms with Crippen molar-refractivity contribution in [1.82, 2.24) is 5.32 Å². The number of nitrogens with one attached hydrogen (secondary N) is 1. The summed E-state index contributed by atoms with van der Waals surface area (Å²) in [5.74, 6) is 1.07. The van der Waals surface area contributed by atoms with E-state index in [0.29, 0.717) is 5.75 Å². The number of hydrogen-bond acceptors (Lipinski definition) is 2. The average Bonchev–Trinajstić information content (AvgIpc) is 2.35. The van der Waals surface area contributed by atoms with E-state index in [9.17, 15) is 0 Å². The fourth-order valence-electron chi connectivity index (χ4n) is 1.88. The highest BCUT2D eigenvalue weighted by Crippen LogP contribution is 2.13. The van der Waals surface area contributed by atoms with Crippen molar-refractivity contribution >= 4 is 0 Å². The van der Waals surface area contributed by atoms with Gasteiger partial charge in [-0.05, 0) is 43.0 Å². The highest BCUT2D eigenvalue weighted by molar-refractivity contribution is 5.25. The molecule has 0 aromatic heterocycles. The summed E-state index contributed by atoms with van der Waals surface area (Å²) in [4.78, 5) is 0. The maximum absolute atomic E-state index is 9.16. The minimum Gasteiger partial charge on any atom is -0.508 e. The van der Waals surface area contributed by atoms with E-state index < -0.39 is 0 Å². The van der Waals surface area contributed by atoms with Gasteiger partial charge in [0.2, 0.25) is 0 Å². The Balaban J connectivity index is 2.19. The molecule has 0 aliphatic carbocycles. The Morgan fingerprint density at radius 1 is 1.35 bits per heavy atom. The summed E-state index contributed by atoms with van der Waals surface area (Å²) in [5, 5.41) is 12.6. The van der Waals surface area contributed by atoms with E-state index in [1.807, 2.05) is 18.2 Å². The molecule has 2 heteroatoms. The fraction of sp³-hybridized carbons (Fsp3) is 0.467. The molecular weight excluding hydrogens is 210 g/mol. The Morgan fingerprint density at radius 2 is 2.06 bits per heavy atom. The van der Waals surface area contributed by atoms with Crippen molar-refractivity contribution in [2.24, 2.45) is 5.92 Å². The second-order valence-corrected chi connectivity index (χ2v) is 4.43. The molecule has 1 atom stereocenters. The van der Waals surface area contributed by atoms with E-state index in [2.05, 4.69) is 18.8 Å². The van der Waals surface area contributed by atoms with Gasteiger partial charge in [-0.2, -0.15) is 0 Å². The van der Waals surface area contributed by atoms with Crippen molar-refractivity contribution < 1.29 is 5.11 Å². The Kier molecular flexibility index (Phi) is 6.41. The summed E-state index contributed by atoms with van der Waals surface area (Å²) < 4.78 is 0. The lowest BCUT2D eigenvalue weighted by atomic mass is 9.98. The number of aromatic hydroxyl groups is 1. The molecule has 0 amide bonds. The first kappa shape index (κ1) is 13.8. The minimum atomic E-state index is 0.325. The van der Waals surface area contributed by atoms with Gasteiger partial charge in [-0.1, -0.05) is 31.6 Å². The molecule has 0 fully saturated rings. The monoisotopic (exact) mass is 233 g/mol. The van der Waals surface area contributed by atoms with E-state index in [4.69, 9.17) is 5.11 Å². The SMILES string of the molecule is C=CCC(CC)CCNCc1ccc(O)cc1. The van der Waals surface area contributed by atoms with Crippen LogP contribution in [0.2, 0.25) is 0 Å². The molecular formula is C15H23NO. The van der Waals surface area contributed by atoms with Crippen LogP contribution in [-0.4, -0.2) is 11.7 Å². The van der Waals surface area contributed by atoms with Crippen molar-refractivity contribution in [1.29, 1.82) is 0 Å². The zero-order chi connectivity index (χ0) is 12.5.